The Bertz CT molecular complexity index is 1120. The van der Waals surface area contributed by atoms with Crippen LogP contribution in [0.1, 0.15) is 88.4 Å². The Morgan fingerprint density at radius 1 is 0.892 bits per heavy atom. The molecule has 2 aromatic carbocycles. The maximum absolute atomic E-state index is 13.8. The normalized spacial score (nSPS) is 10.7. The Labute approximate surface area is 227 Å². The third-order valence-corrected chi connectivity index (χ3v) is 6.25. The van der Waals surface area contributed by atoms with E-state index >= 15 is 0 Å². The molecule has 0 aromatic heterocycles. The summed E-state index contributed by atoms with van der Waals surface area (Å²) in [5.41, 5.74) is -0.377. The number of hydrogen-bond donors (Lipinski definition) is 0. The van der Waals surface area contributed by atoms with Crippen LogP contribution in [0.25, 0.3) is 0 Å². The van der Waals surface area contributed by atoms with Crippen LogP contribution in [0, 0.1) is 10.1 Å². The van der Waals surface area contributed by atoms with E-state index in [1.807, 2.05) is 6.92 Å². The van der Waals surface area contributed by atoms with E-state index in [1.165, 1.54) is 30.3 Å². The van der Waals surface area contributed by atoms with Gasteiger partial charge in [0.25, 0.3) is 11.6 Å². The van der Waals surface area contributed by atoms with Gasteiger partial charge in [0.05, 0.1) is 21.2 Å². The fourth-order valence-electron chi connectivity index (χ4n) is 3.71. The molecule has 0 radical (unpaired) electrons. The van der Waals surface area contributed by atoms with Crippen molar-refractivity contribution in [3.05, 3.63) is 62.1 Å². The number of halogens is 2. The number of carbonyl (C=O) groups excluding carboxylic acids is 3. The number of rotatable bonds is 14. The van der Waals surface area contributed by atoms with E-state index in [-0.39, 0.29) is 45.6 Å². The van der Waals surface area contributed by atoms with Crippen LogP contribution in [-0.4, -0.2) is 22.7 Å². The number of nitro benzene ring substituents is 1. The summed E-state index contributed by atoms with van der Waals surface area (Å²) in [5.74, 6) is -1.86. The van der Waals surface area contributed by atoms with Gasteiger partial charge in [-0.25, -0.2) is 4.90 Å². The minimum absolute atomic E-state index is 0.00502. The lowest BCUT2D eigenvalue weighted by Gasteiger charge is -2.23. The molecule has 0 saturated heterocycles. The molecule has 0 spiro atoms. The van der Waals surface area contributed by atoms with Gasteiger partial charge in [-0.2, -0.15) is 0 Å². The van der Waals surface area contributed by atoms with E-state index in [0.29, 0.717) is 12.8 Å². The van der Waals surface area contributed by atoms with Gasteiger partial charge in [-0.3, -0.25) is 24.5 Å². The molecule has 0 aliphatic heterocycles. The fraction of sp³-hybridized carbons (Fsp3) is 0.444. The Morgan fingerprint density at radius 3 is 2.14 bits per heavy atom. The van der Waals surface area contributed by atoms with Gasteiger partial charge in [0.1, 0.15) is 5.75 Å². The molecule has 0 fully saturated rings. The zero-order valence-electron chi connectivity index (χ0n) is 21.1. The van der Waals surface area contributed by atoms with E-state index in [0.717, 1.165) is 49.5 Å². The van der Waals surface area contributed by atoms with Crippen molar-refractivity contribution in [1.29, 1.82) is 0 Å². The van der Waals surface area contributed by atoms with Crippen molar-refractivity contribution < 1.29 is 24.0 Å². The fourth-order valence-corrected chi connectivity index (χ4v) is 4.14. The number of nitrogens with zero attached hydrogens (tertiary/aromatic N) is 2. The molecule has 37 heavy (non-hydrogen) atoms. The molecule has 0 bridgehead atoms. The van der Waals surface area contributed by atoms with Crippen molar-refractivity contribution in [2.45, 2.75) is 78.1 Å². The number of benzene rings is 2. The minimum Gasteiger partial charge on any atom is -0.426 e. The van der Waals surface area contributed by atoms with Gasteiger partial charge in [0.2, 0.25) is 5.91 Å². The average molecular weight is 551 g/mol. The highest BCUT2D eigenvalue weighted by Crippen LogP contribution is 2.34. The Hall–Kier alpha value is -2.97. The van der Waals surface area contributed by atoms with Crippen LogP contribution in [0.15, 0.2) is 36.4 Å². The number of anilines is 1. The summed E-state index contributed by atoms with van der Waals surface area (Å²) in [6, 6.07) is 7.71. The molecule has 0 atom stereocenters. The molecule has 0 saturated carbocycles. The number of hydrogen-bond acceptors (Lipinski definition) is 6. The van der Waals surface area contributed by atoms with Crippen LogP contribution >= 0.6 is 23.2 Å². The van der Waals surface area contributed by atoms with Crippen LogP contribution in [0.3, 0.4) is 0 Å². The predicted octanol–water partition coefficient (Wildman–Crippen LogP) is 7.92. The molecular weight excluding hydrogens is 519 g/mol. The molecule has 0 aliphatic rings. The maximum Gasteiger partial charge on any atom is 0.311 e. The van der Waals surface area contributed by atoms with Crippen molar-refractivity contribution in [3.63, 3.8) is 0 Å². The highest BCUT2D eigenvalue weighted by molar-refractivity contribution is 6.36. The smallest absolute Gasteiger partial charge is 0.311 e. The number of non-ortho nitro benzene ring substituents is 1. The maximum atomic E-state index is 13.8. The van der Waals surface area contributed by atoms with Gasteiger partial charge in [-0.1, -0.05) is 75.6 Å². The highest BCUT2D eigenvalue weighted by atomic mass is 35.5. The number of amides is 2. The first kappa shape index (κ1) is 30.3. The van der Waals surface area contributed by atoms with Gasteiger partial charge < -0.3 is 4.74 Å². The van der Waals surface area contributed by atoms with Crippen LogP contribution < -0.4 is 9.64 Å². The largest absolute Gasteiger partial charge is 0.426 e. The molecule has 2 aromatic rings. The molecular formula is C27H32Cl2N2O6. The number of nitro groups is 1. The molecule has 2 amide bonds. The van der Waals surface area contributed by atoms with Gasteiger partial charge in [0, 0.05) is 30.0 Å². The van der Waals surface area contributed by atoms with E-state index in [2.05, 4.69) is 6.92 Å². The predicted molar refractivity (Wildman–Crippen MR) is 145 cm³/mol. The van der Waals surface area contributed by atoms with E-state index in [4.69, 9.17) is 27.9 Å². The molecule has 0 heterocycles. The standard InChI is InChI=1S/C27H32Cl2N2O6/c1-3-5-7-9-11-25(32)30(23-15-14-20(31(35)36)18-22(23)29)27(34)21-17-19(28)13-16-24(21)37-26(33)12-10-8-6-4-2/h13-18H,3-12H2,1-2H3. The zero-order valence-corrected chi connectivity index (χ0v) is 22.6. The lowest BCUT2D eigenvalue weighted by atomic mass is 10.1. The summed E-state index contributed by atoms with van der Waals surface area (Å²) in [4.78, 5) is 50.9. The topological polar surface area (TPSA) is 107 Å². The van der Waals surface area contributed by atoms with Crippen molar-refractivity contribution in [3.8, 4) is 5.75 Å². The zero-order chi connectivity index (χ0) is 27.4. The summed E-state index contributed by atoms with van der Waals surface area (Å²) < 4.78 is 5.48. The van der Waals surface area contributed by atoms with Crippen LogP contribution in [0.4, 0.5) is 11.4 Å². The second kappa shape index (κ2) is 15.3. The summed E-state index contributed by atoms with van der Waals surface area (Å²) in [6.45, 7) is 4.11. The number of esters is 1. The molecule has 0 unspecified atom stereocenters. The molecule has 10 heteroatoms. The Balaban J connectivity index is 2.42. The van der Waals surface area contributed by atoms with Crippen molar-refractivity contribution in [1.82, 2.24) is 0 Å². The van der Waals surface area contributed by atoms with Crippen LogP contribution in [0.2, 0.25) is 10.0 Å². The van der Waals surface area contributed by atoms with E-state index in [1.54, 1.807) is 0 Å². The molecule has 2 rings (SSSR count). The summed E-state index contributed by atoms with van der Waals surface area (Å²) in [7, 11) is 0. The van der Waals surface area contributed by atoms with Gasteiger partial charge in [-0.05, 0) is 37.1 Å². The third-order valence-electron chi connectivity index (χ3n) is 5.71. The second-order valence-corrected chi connectivity index (χ2v) is 9.51. The van der Waals surface area contributed by atoms with Gasteiger partial charge >= 0.3 is 5.97 Å². The third kappa shape index (κ3) is 9.13. The molecule has 200 valence electrons. The number of carbonyl (C=O) groups is 3. The summed E-state index contributed by atoms with van der Waals surface area (Å²) in [6.07, 6.45) is 7.08. The Kier molecular flexibility index (Phi) is 12.5. The van der Waals surface area contributed by atoms with Crippen molar-refractivity contribution >= 4 is 52.4 Å². The monoisotopic (exact) mass is 550 g/mol. The quantitative estimate of drug-likeness (QED) is 0.0776. The molecule has 0 N–H and O–H groups in total. The summed E-state index contributed by atoms with van der Waals surface area (Å²) in [5, 5.41) is 11.2. The first-order valence-corrected chi connectivity index (χ1v) is 13.3. The lowest BCUT2D eigenvalue weighted by Crippen LogP contribution is -2.37. The number of imide groups is 1. The van der Waals surface area contributed by atoms with E-state index in [9.17, 15) is 24.5 Å². The van der Waals surface area contributed by atoms with Crippen molar-refractivity contribution in [2.24, 2.45) is 0 Å². The van der Waals surface area contributed by atoms with Gasteiger partial charge in [0.15, 0.2) is 0 Å². The summed E-state index contributed by atoms with van der Waals surface area (Å²) >= 11 is 12.5. The Morgan fingerprint density at radius 2 is 1.54 bits per heavy atom. The average Bonchev–Trinajstić information content (AvgIpc) is 2.86. The second-order valence-electron chi connectivity index (χ2n) is 8.66. The first-order valence-electron chi connectivity index (χ1n) is 12.5. The lowest BCUT2D eigenvalue weighted by molar-refractivity contribution is -0.384. The number of ether oxygens (including phenoxy) is 1. The van der Waals surface area contributed by atoms with Gasteiger partial charge in [-0.15, -0.1) is 0 Å². The van der Waals surface area contributed by atoms with Crippen LogP contribution in [-0.2, 0) is 9.59 Å². The highest BCUT2D eigenvalue weighted by Gasteiger charge is 2.30. The molecule has 8 nitrogen and oxygen atoms in total. The van der Waals surface area contributed by atoms with Crippen molar-refractivity contribution in [2.75, 3.05) is 4.90 Å². The van der Waals surface area contributed by atoms with E-state index < -0.39 is 22.7 Å². The van der Waals surface area contributed by atoms with Crippen LogP contribution in [0.5, 0.6) is 5.75 Å². The minimum atomic E-state index is -0.799. The molecule has 0 aliphatic carbocycles. The SMILES string of the molecule is CCCCCCC(=O)Oc1ccc(Cl)cc1C(=O)N(C(=O)CCCCCC)c1ccc([N+](=O)[O-])cc1Cl. The number of unbranched alkanes of at least 4 members (excludes halogenated alkanes) is 6. The first-order chi connectivity index (χ1) is 17.7.